The second kappa shape index (κ2) is 6.15. The van der Waals surface area contributed by atoms with E-state index in [1.807, 2.05) is 0 Å². The highest BCUT2D eigenvalue weighted by Crippen LogP contribution is 2.20. The van der Waals surface area contributed by atoms with Crippen molar-refractivity contribution >= 4 is 34.5 Å². The molecule has 104 valence electrons. The molecule has 20 heavy (non-hydrogen) atoms. The highest BCUT2D eigenvalue weighted by molar-refractivity contribution is 7.80. The summed E-state index contributed by atoms with van der Waals surface area (Å²) >= 11 is 6.59. The van der Waals surface area contributed by atoms with Crippen LogP contribution in [0.25, 0.3) is 0 Å². The summed E-state index contributed by atoms with van der Waals surface area (Å²) in [5.74, 6) is -0.0943. The molecule has 0 bridgehead atoms. The minimum Gasteiger partial charge on any atom is -0.389 e. The second-order valence-corrected chi connectivity index (χ2v) is 6.36. The van der Waals surface area contributed by atoms with Gasteiger partial charge in [-0.2, -0.15) is 0 Å². The van der Waals surface area contributed by atoms with E-state index in [0.29, 0.717) is 17.1 Å². The molecule has 0 saturated carbocycles. The molecule has 1 aromatic heterocycles. The van der Waals surface area contributed by atoms with Crippen LogP contribution < -0.4 is 11.1 Å². The van der Waals surface area contributed by atoms with Crippen LogP contribution in [0.2, 0.25) is 0 Å². The van der Waals surface area contributed by atoms with Gasteiger partial charge in [0, 0.05) is 20.9 Å². The molecule has 2 aromatic rings. The Balaban J connectivity index is 1.99. The van der Waals surface area contributed by atoms with E-state index < -0.39 is 0 Å². The van der Waals surface area contributed by atoms with Crippen LogP contribution in [0.5, 0.6) is 0 Å². The van der Waals surface area contributed by atoms with Gasteiger partial charge >= 0.3 is 0 Å². The van der Waals surface area contributed by atoms with Crippen LogP contribution in [-0.2, 0) is 6.54 Å². The maximum atomic E-state index is 12.0. The Kier molecular flexibility index (Phi) is 4.52. The first kappa shape index (κ1) is 14.7. The first-order chi connectivity index (χ1) is 9.47. The first-order valence-corrected chi connectivity index (χ1v) is 7.44. The molecule has 1 aromatic carbocycles. The van der Waals surface area contributed by atoms with Gasteiger partial charge in [0.1, 0.15) is 4.99 Å². The topological polar surface area (TPSA) is 55.1 Å². The van der Waals surface area contributed by atoms with Crippen molar-refractivity contribution in [1.29, 1.82) is 0 Å². The second-order valence-electron chi connectivity index (χ2n) is 4.58. The molecule has 0 aliphatic carbocycles. The lowest BCUT2D eigenvalue weighted by molar-refractivity contribution is 0.0951. The number of nitrogens with two attached hydrogens (primary N) is 1. The first-order valence-electron chi connectivity index (χ1n) is 6.21. The summed E-state index contributed by atoms with van der Waals surface area (Å²) in [6.45, 7) is 4.71. The van der Waals surface area contributed by atoms with Crippen LogP contribution >= 0.6 is 23.6 Å². The van der Waals surface area contributed by atoms with Gasteiger partial charge in [-0.25, -0.2) is 0 Å². The normalized spacial score (nSPS) is 10.3. The van der Waals surface area contributed by atoms with Crippen molar-refractivity contribution in [3.63, 3.8) is 0 Å². The quantitative estimate of drug-likeness (QED) is 0.854. The molecule has 0 aliphatic heterocycles. The molecule has 0 unspecified atom stereocenters. The Labute approximate surface area is 127 Å². The Hall–Kier alpha value is -1.72. The van der Waals surface area contributed by atoms with Crippen molar-refractivity contribution in [1.82, 2.24) is 5.32 Å². The zero-order valence-corrected chi connectivity index (χ0v) is 13.0. The third-order valence-electron chi connectivity index (χ3n) is 3.07. The fourth-order valence-electron chi connectivity index (χ4n) is 1.79. The summed E-state index contributed by atoms with van der Waals surface area (Å²) in [5, 5.41) is 2.91. The van der Waals surface area contributed by atoms with E-state index in [-0.39, 0.29) is 5.91 Å². The summed E-state index contributed by atoms with van der Waals surface area (Å²) in [5.41, 5.74) is 8.16. The van der Waals surface area contributed by atoms with Gasteiger partial charge in [-0.15, -0.1) is 11.3 Å². The number of hydrogen-bond acceptors (Lipinski definition) is 3. The predicted molar refractivity (Wildman–Crippen MR) is 87.3 cm³/mol. The summed E-state index contributed by atoms with van der Waals surface area (Å²) in [7, 11) is 0. The van der Waals surface area contributed by atoms with Crippen LogP contribution in [0.1, 0.15) is 31.2 Å². The van der Waals surface area contributed by atoms with Crippen LogP contribution in [0.3, 0.4) is 0 Å². The van der Waals surface area contributed by atoms with Crippen molar-refractivity contribution < 1.29 is 4.79 Å². The molecule has 3 N–H and O–H groups in total. The molecule has 0 fully saturated rings. The Morgan fingerprint density at radius 3 is 2.35 bits per heavy atom. The number of rotatable bonds is 4. The SMILES string of the molecule is Cc1cc(CNC(=O)c2ccc(C(N)=S)cc2)sc1C. The molecule has 0 saturated heterocycles. The number of carbonyl (C=O) groups is 1. The third-order valence-corrected chi connectivity index (χ3v) is 4.46. The number of amides is 1. The number of thiophene rings is 1. The van der Waals surface area contributed by atoms with Gasteiger partial charge in [-0.3, -0.25) is 4.79 Å². The van der Waals surface area contributed by atoms with E-state index >= 15 is 0 Å². The fourth-order valence-corrected chi connectivity index (χ4v) is 2.92. The largest absolute Gasteiger partial charge is 0.389 e. The number of hydrogen-bond donors (Lipinski definition) is 2. The van der Waals surface area contributed by atoms with Crippen molar-refractivity contribution in [2.75, 3.05) is 0 Å². The number of carbonyl (C=O) groups excluding carboxylic acids is 1. The van der Waals surface area contributed by atoms with Crippen molar-refractivity contribution in [3.8, 4) is 0 Å². The maximum Gasteiger partial charge on any atom is 0.251 e. The van der Waals surface area contributed by atoms with Crippen LogP contribution in [0.4, 0.5) is 0 Å². The average molecular weight is 304 g/mol. The fraction of sp³-hybridized carbons (Fsp3) is 0.200. The standard InChI is InChI=1S/C15H16N2OS2/c1-9-7-13(20-10(9)2)8-17-15(18)12-5-3-11(4-6-12)14(16)19/h3-7H,8H2,1-2H3,(H2,16,19)(H,17,18). The summed E-state index contributed by atoms with van der Waals surface area (Å²) in [6.07, 6.45) is 0. The van der Waals surface area contributed by atoms with Crippen LogP contribution in [0, 0.1) is 13.8 Å². The van der Waals surface area contributed by atoms with Crippen LogP contribution in [-0.4, -0.2) is 10.9 Å². The van der Waals surface area contributed by atoms with Crippen LogP contribution in [0.15, 0.2) is 30.3 Å². The lowest BCUT2D eigenvalue weighted by Crippen LogP contribution is -2.22. The Morgan fingerprint density at radius 2 is 1.85 bits per heavy atom. The molecule has 3 nitrogen and oxygen atoms in total. The minimum absolute atomic E-state index is 0.0943. The smallest absolute Gasteiger partial charge is 0.251 e. The number of aryl methyl sites for hydroxylation is 2. The monoisotopic (exact) mass is 304 g/mol. The lowest BCUT2D eigenvalue weighted by atomic mass is 10.1. The minimum atomic E-state index is -0.0943. The Morgan fingerprint density at radius 1 is 1.25 bits per heavy atom. The molecule has 1 amide bonds. The number of benzene rings is 1. The molecule has 0 aliphatic rings. The van der Waals surface area contributed by atoms with Gasteiger partial charge in [-0.05, 0) is 37.6 Å². The number of nitrogens with one attached hydrogen (secondary N) is 1. The van der Waals surface area contributed by atoms with Gasteiger partial charge in [0.2, 0.25) is 0 Å². The van der Waals surface area contributed by atoms with Gasteiger partial charge in [0.25, 0.3) is 5.91 Å². The predicted octanol–water partition coefficient (Wildman–Crippen LogP) is 2.93. The molecule has 5 heteroatoms. The van der Waals surface area contributed by atoms with E-state index in [1.54, 1.807) is 35.6 Å². The van der Waals surface area contributed by atoms with Crippen molar-refractivity contribution in [2.24, 2.45) is 5.73 Å². The van der Waals surface area contributed by atoms with E-state index in [0.717, 1.165) is 10.4 Å². The number of thiocarbonyl (C=S) groups is 1. The van der Waals surface area contributed by atoms with Gasteiger partial charge < -0.3 is 11.1 Å². The van der Waals surface area contributed by atoms with Gasteiger partial charge in [-0.1, -0.05) is 24.4 Å². The van der Waals surface area contributed by atoms with Crippen molar-refractivity contribution in [3.05, 3.63) is 56.8 Å². The highest BCUT2D eigenvalue weighted by Gasteiger charge is 2.07. The summed E-state index contributed by atoms with van der Waals surface area (Å²) in [6, 6.07) is 9.09. The zero-order chi connectivity index (χ0) is 14.7. The molecule has 1 heterocycles. The highest BCUT2D eigenvalue weighted by atomic mass is 32.1. The molecule has 0 spiro atoms. The summed E-state index contributed by atoms with van der Waals surface area (Å²) in [4.78, 5) is 14.8. The van der Waals surface area contributed by atoms with E-state index in [4.69, 9.17) is 18.0 Å². The van der Waals surface area contributed by atoms with E-state index in [2.05, 4.69) is 25.2 Å². The molecule has 0 atom stereocenters. The molecule has 2 rings (SSSR count). The average Bonchev–Trinajstić information content (AvgIpc) is 2.75. The van der Waals surface area contributed by atoms with E-state index in [9.17, 15) is 4.79 Å². The Bertz CT molecular complexity index is 625. The lowest BCUT2D eigenvalue weighted by Gasteiger charge is -2.04. The van der Waals surface area contributed by atoms with Gasteiger partial charge in [0.15, 0.2) is 0 Å². The molecule has 0 radical (unpaired) electrons. The maximum absolute atomic E-state index is 12.0. The third kappa shape index (κ3) is 3.43. The summed E-state index contributed by atoms with van der Waals surface area (Å²) < 4.78 is 0. The van der Waals surface area contributed by atoms with Crippen molar-refractivity contribution in [2.45, 2.75) is 20.4 Å². The molecular formula is C15H16N2OS2. The van der Waals surface area contributed by atoms with Gasteiger partial charge in [0.05, 0.1) is 6.54 Å². The van der Waals surface area contributed by atoms with E-state index in [1.165, 1.54) is 10.4 Å². The molecular weight excluding hydrogens is 288 g/mol. The zero-order valence-electron chi connectivity index (χ0n) is 11.4.